The molecule has 0 bridgehead atoms. The molecule has 0 atom stereocenters. The summed E-state index contributed by atoms with van der Waals surface area (Å²) in [6, 6.07) is 19.2. The summed E-state index contributed by atoms with van der Waals surface area (Å²) >= 11 is 3.47. The normalized spacial score (nSPS) is 10.7. The molecule has 0 saturated carbocycles. The average molecular weight is 333 g/mol. The zero-order valence-electron chi connectivity index (χ0n) is 11.7. The van der Waals surface area contributed by atoms with Crippen LogP contribution in [0.2, 0.25) is 0 Å². The first kappa shape index (κ1) is 15.3. The summed E-state index contributed by atoms with van der Waals surface area (Å²) in [5.41, 5.74) is 4.02. The summed E-state index contributed by atoms with van der Waals surface area (Å²) < 4.78 is 5.76. The second-order valence-electron chi connectivity index (χ2n) is 4.90. The standard InChI is InChI=1S/C18H21BrO/c19-12-11-17-8-4-9-18(14-17)15-20-13-5-10-16-6-2-1-3-7-16/h1-4,6-9,14H,5,10-13,15H2. The Balaban J connectivity index is 1.67. The molecule has 2 aromatic carbocycles. The molecule has 0 aromatic heterocycles. The fourth-order valence-electron chi connectivity index (χ4n) is 2.20. The minimum Gasteiger partial charge on any atom is -0.377 e. The lowest BCUT2D eigenvalue weighted by Crippen LogP contribution is -1.98. The van der Waals surface area contributed by atoms with Crippen LogP contribution in [-0.2, 0) is 24.2 Å². The largest absolute Gasteiger partial charge is 0.377 e. The molecule has 20 heavy (non-hydrogen) atoms. The van der Waals surface area contributed by atoms with Crippen LogP contribution in [0.1, 0.15) is 23.1 Å². The Morgan fingerprint density at radius 2 is 1.55 bits per heavy atom. The van der Waals surface area contributed by atoms with Crippen LogP contribution in [0.3, 0.4) is 0 Å². The van der Waals surface area contributed by atoms with Gasteiger partial charge in [-0.15, -0.1) is 0 Å². The molecule has 0 unspecified atom stereocenters. The van der Waals surface area contributed by atoms with Crippen LogP contribution >= 0.6 is 15.9 Å². The van der Waals surface area contributed by atoms with E-state index in [4.69, 9.17) is 4.74 Å². The number of halogens is 1. The van der Waals surface area contributed by atoms with Crippen molar-refractivity contribution >= 4 is 15.9 Å². The van der Waals surface area contributed by atoms with Crippen molar-refractivity contribution in [3.8, 4) is 0 Å². The Morgan fingerprint density at radius 1 is 0.800 bits per heavy atom. The summed E-state index contributed by atoms with van der Waals surface area (Å²) in [6.07, 6.45) is 3.23. The average Bonchev–Trinajstić information content (AvgIpc) is 2.49. The van der Waals surface area contributed by atoms with E-state index in [0.29, 0.717) is 6.61 Å². The van der Waals surface area contributed by atoms with Crippen LogP contribution in [0.25, 0.3) is 0 Å². The first-order chi connectivity index (χ1) is 9.88. The molecule has 0 heterocycles. The SMILES string of the molecule is BrCCc1cccc(COCCCc2ccccc2)c1. The highest BCUT2D eigenvalue weighted by atomic mass is 79.9. The molecule has 0 saturated heterocycles. The molecule has 2 rings (SSSR count). The molecular formula is C18H21BrO. The van der Waals surface area contributed by atoms with Crippen molar-refractivity contribution in [2.45, 2.75) is 25.9 Å². The van der Waals surface area contributed by atoms with Gasteiger partial charge in [0.05, 0.1) is 6.61 Å². The third-order valence-corrected chi connectivity index (χ3v) is 3.64. The first-order valence-electron chi connectivity index (χ1n) is 7.14. The van der Waals surface area contributed by atoms with Crippen molar-refractivity contribution in [1.29, 1.82) is 0 Å². The van der Waals surface area contributed by atoms with Crippen molar-refractivity contribution < 1.29 is 4.74 Å². The third kappa shape index (κ3) is 5.48. The summed E-state index contributed by atoms with van der Waals surface area (Å²) in [4.78, 5) is 0. The van der Waals surface area contributed by atoms with Crippen LogP contribution in [0.4, 0.5) is 0 Å². The lowest BCUT2D eigenvalue weighted by atomic mass is 10.1. The molecular weight excluding hydrogens is 312 g/mol. The molecule has 0 radical (unpaired) electrons. The van der Waals surface area contributed by atoms with Crippen LogP contribution in [0.5, 0.6) is 0 Å². The number of benzene rings is 2. The van der Waals surface area contributed by atoms with E-state index in [1.807, 2.05) is 0 Å². The maximum absolute atomic E-state index is 5.76. The van der Waals surface area contributed by atoms with Crippen LogP contribution in [0.15, 0.2) is 54.6 Å². The van der Waals surface area contributed by atoms with E-state index >= 15 is 0 Å². The predicted molar refractivity (Wildman–Crippen MR) is 88.4 cm³/mol. The smallest absolute Gasteiger partial charge is 0.0716 e. The van der Waals surface area contributed by atoms with Gasteiger partial charge in [0.15, 0.2) is 0 Å². The van der Waals surface area contributed by atoms with E-state index in [-0.39, 0.29) is 0 Å². The van der Waals surface area contributed by atoms with Crippen molar-refractivity contribution in [3.05, 3.63) is 71.3 Å². The lowest BCUT2D eigenvalue weighted by molar-refractivity contribution is 0.118. The maximum atomic E-state index is 5.76. The summed E-state index contributed by atoms with van der Waals surface area (Å²) in [7, 11) is 0. The third-order valence-electron chi connectivity index (χ3n) is 3.24. The molecule has 2 heteroatoms. The molecule has 2 aromatic rings. The van der Waals surface area contributed by atoms with Gasteiger partial charge in [-0.3, -0.25) is 0 Å². The van der Waals surface area contributed by atoms with E-state index in [0.717, 1.165) is 31.2 Å². The molecule has 0 spiro atoms. The highest BCUT2D eigenvalue weighted by molar-refractivity contribution is 9.09. The number of aryl methyl sites for hydroxylation is 2. The second-order valence-corrected chi connectivity index (χ2v) is 5.69. The topological polar surface area (TPSA) is 9.23 Å². The highest BCUT2D eigenvalue weighted by Gasteiger charge is 1.97. The Labute approximate surface area is 130 Å². The van der Waals surface area contributed by atoms with Gasteiger partial charge in [-0.25, -0.2) is 0 Å². The number of hydrogen-bond donors (Lipinski definition) is 0. The van der Waals surface area contributed by atoms with Crippen LogP contribution in [0, 0.1) is 0 Å². The van der Waals surface area contributed by atoms with Gasteiger partial charge in [-0.1, -0.05) is 70.5 Å². The molecule has 106 valence electrons. The van der Waals surface area contributed by atoms with Gasteiger partial charge in [0, 0.05) is 11.9 Å². The van der Waals surface area contributed by atoms with Crippen molar-refractivity contribution in [1.82, 2.24) is 0 Å². The van der Waals surface area contributed by atoms with Crippen molar-refractivity contribution in [2.75, 3.05) is 11.9 Å². The number of hydrogen-bond acceptors (Lipinski definition) is 1. The summed E-state index contributed by atoms with van der Waals surface area (Å²) in [6.45, 7) is 1.53. The minimum absolute atomic E-state index is 0.713. The monoisotopic (exact) mass is 332 g/mol. The number of alkyl halides is 1. The van der Waals surface area contributed by atoms with Gasteiger partial charge in [0.25, 0.3) is 0 Å². The molecule has 0 N–H and O–H groups in total. The van der Waals surface area contributed by atoms with Crippen molar-refractivity contribution in [3.63, 3.8) is 0 Å². The summed E-state index contributed by atoms with van der Waals surface area (Å²) in [5.74, 6) is 0. The van der Waals surface area contributed by atoms with E-state index in [2.05, 4.69) is 70.5 Å². The van der Waals surface area contributed by atoms with Crippen LogP contribution < -0.4 is 0 Å². The van der Waals surface area contributed by atoms with Gasteiger partial charge >= 0.3 is 0 Å². The predicted octanol–water partition coefficient (Wildman–Crippen LogP) is 4.77. The van der Waals surface area contributed by atoms with Crippen molar-refractivity contribution in [2.24, 2.45) is 0 Å². The molecule has 1 nitrogen and oxygen atoms in total. The lowest BCUT2D eigenvalue weighted by Gasteiger charge is -2.06. The van der Waals surface area contributed by atoms with E-state index in [1.165, 1.54) is 16.7 Å². The van der Waals surface area contributed by atoms with E-state index in [1.54, 1.807) is 0 Å². The highest BCUT2D eigenvalue weighted by Crippen LogP contribution is 2.09. The summed E-state index contributed by atoms with van der Waals surface area (Å²) in [5, 5.41) is 1.01. The minimum atomic E-state index is 0.713. The molecule has 0 aliphatic carbocycles. The molecule has 0 amide bonds. The van der Waals surface area contributed by atoms with Gasteiger partial charge in [-0.2, -0.15) is 0 Å². The first-order valence-corrected chi connectivity index (χ1v) is 8.26. The quantitative estimate of drug-likeness (QED) is 0.499. The molecule has 0 aliphatic heterocycles. The van der Waals surface area contributed by atoms with Gasteiger partial charge < -0.3 is 4.74 Å². The molecule has 0 fully saturated rings. The van der Waals surface area contributed by atoms with E-state index < -0.39 is 0 Å². The fraction of sp³-hybridized carbons (Fsp3) is 0.333. The second kappa shape index (κ2) is 8.93. The number of rotatable bonds is 8. The van der Waals surface area contributed by atoms with Gasteiger partial charge in [0.1, 0.15) is 0 Å². The zero-order chi connectivity index (χ0) is 14.0. The van der Waals surface area contributed by atoms with E-state index in [9.17, 15) is 0 Å². The van der Waals surface area contributed by atoms with Crippen LogP contribution in [-0.4, -0.2) is 11.9 Å². The van der Waals surface area contributed by atoms with Gasteiger partial charge in [0.2, 0.25) is 0 Å². The Kier molecular flexibility index (Phi) is 6.82. The Morgan fingerprint density at radius 3 is 2.35 bits per heavy atom. The molecule has 0 aliphatic rings. The Bertz CT molecular complexity index is 496. The van der Waals surface area contributed by atoms with Gasteiger partial charge in [-0.05, 0) is 36.0 Å². The maximum Gasteiger partial charge on any atom is 0.0716 e. The fourth-order valence-corrected chi connectivity index (χ4v) is 2.65. The Hall–Kier alpha value is -1.12. The zero-order valence-corrected chi connectivity index (χ0v) is 13.3. The number of ether oxygens (including phenoxy) is 1.